The molecule has 61 heavy (non-hydrogen) atoms. The molecule has 11 heteroatoms. The van der Waals surface area contributed by atoms with E-state index in [-0.39, 0.29) is 60.3 Å². The molecular formula is C50H24B9NO. The van der Waals surface area contributed by atoms with Gasteiger partial charge in [-0.3, -0.25) is 0 Å². The van der Waals surface area contributed by atoms with E-state index >= 15 is 0 Å². The number of anilines is 3. The maximum absolute atomic E-state index is 7.16. The van der Waals surface area contributed by atoms with Gasteiger partial charge < -0.3 is 9.32 Å². The van der Waals surface area contributed by atoms with Crippen molar-refractivity contribution in [2.75, 3.05) is 4.90 Å². The molecule has 0 unspecified atom stereocenters. The standard InChI is InChI=1S/C50H24B9NO/c51-40-38(41(52)45(56)46(57)44(40)55)39-42(53)47(58)49(48(59)43(39)54)60(28-22-19-27(20-23-28)30-15-7-11-25-9-1-3-12-29(25)30)35-17-6-5-14-32(35)33-16-8-18-36-37(33)34-24-21-26-10-2-4-13-31(26)50(34)61-36/h1-24H. The summed E-state index contributed by atoms with van der Waals surface area (Å²) in [5.74, 6) is 0. The van der Waals surface area contributed by atoms with Crippen LogP contribution in [0.1, 0.15) is 0 Å². The van der Waals surface area contributed by atoms with Gasteiger partial charge in [-0.2, -0.15) is 0 Å². The Hall–Kier alpha value is -6.32. The molecule has 0 aliphatic rings. The summed E-state index contributed by atoms with van der Waals surface area (Å²) in [6.07, 6.45) is 0. The molecule has 10 aromatic rings. The highest BCUT2D eigenvalue weighted by Gasteiger charge is 2.26. The summed E-state index contributed by atoms with van der Waals surface area (Å²) in [5.41, 5.74) is 8.35. The number of furan rings is 1. The minimum atomic E-state index is 0.0394. The van der Waals surface area contributed by atoms with Crippen molar-refractivity contribution in [3.05, 3.63) is 146 Å². The topological polar surface area (TPSA) is 16.4 Å². The fourth-order valence-corrected chi connectivity index (χ4v) is 8.77. The van der Waals surface area contributed by atoms with Crippen molar-refractivity contribution in [3.8, 4) is 33.4 Å². The summed E-state index contributed by atoms with van der Waals surface area (Å²) < 4.78 is 6.62. The van der Waals surface area contributed by atoms with Crippen molar-refractivity contribution in [2.24, 2.45) is 0 Å². The molecule has 0 aliphatic heterocycles. The van der Waals surface area contributed by atoms with Crippen LogP contribution in [0.5, 0.6) is 0 Å². The lowest BCUT2D eigenvalue weighted by Gasteiger charge is -2.35. The smallest absolute Gasteiger partial charge is 0.143 e. The second-order valence-electron chi connectivity index (χ2n) is 15.2. The minimum absolute atomic E-state index is 0.0394. The van der Waals surface area contributed by atoms with E-state index in [1.807, 2.05) is 71.6 Å². The van der Waals surface area contributed by atoms with Gasteiger partial charge in [-0.25, -0.2) is 0 Å². The largest absolute Gasteiger partial charge is 0.455 e. The molecule has 0 atom stereocenters. The fraction of sp³-hybridized carbons (Fsp3) is 0. The summed E-state index contributed by atoms with van der Waals surface area (Å²) in [5, 5.41) is 6.35. The molecule has 0 spiro atoms. The Morgan fingerprint density at radius 3 is 1.56 bits per heavy atom. The van der Waals surface area contributed by atoms with Crippen LogP contribution in [0.2, 0.25) is 0 Å². The molecule has 18 radical (unpaired) electrons. The van der Waals surface area contributed by atoms with Crippen LogP contribution in [0.4, 0.5) is 17.1 Å². The van der Waals surface area contributed by atoms with E-state index in [0.29, 0.717) is 5.69 Å². The number of hydrogen-bond donors (Lipinski definition) is 0. The Balaban J connectivity index is 1.24. The van der Waals surface area contributed by atoms with Gasteiger partial charge in [-0.05, 0) is 74.3 Å². The first-order valence-corrected chi connectivity index (χ1v) is 19.6. The molecule has 1 aromatic heterocycles. The van der Waals surface area contributed by atoms with Crippen molar-refractivity contribution in [1.29, 1.82) is 0 Å². The van der Waals surface area contributed by atoms with Crippen molar-refractivity contribution in [1.82, 2.24) is 0 Å². The van der Waals surface area contributed by atoms with Crippen molar-refractivity contribution in [3.63, 3.8) is 0 Å². The lowest BCUT2D eigenvalue weighted by atomic mass is 9.56. The molecule has 9 aromatic carbocycles. The van der Waals surface area contributed by atoms with Crippen molar-refractivity contribution < 1.29 is 4.42 Å². The number of fused-ring (bicyclic) bond motifs is 6. The third-order valence-electron chi connectivity index (χ3n) is 11.9. The molecule has 0 fully saturated rings. The molecule has 10 rings (SSSR count). The molecule has 0 saturated carbocycles. The molecule has 0 bridgehead atoms. The van der Waals surface area contributed by atoms with Crippen LogP contribution >= 0.6 is 0 Å². The number of nitrogens with zero attached hydrogens (tertiary/aromatic N) is 1. The zero-order valence-corrected chi connectivity index (χ0v) is 32.9. The summed E-state index contributed by atoms with van der Waals surface area (Å²) in [6, 6.07) is 49.4. The summed E-state index contributed by atoms with van der Waals surface area (Å²) in [6.45, 7) is 0. The zero-order chi connectivity index (χ0) is 42.3. The molecule has 1 heterocycles. The first-order valence-electron chi connectivity index (χ1n) is 19.6. The Morgan fingerprint density at radius 1 is 0.361 bits per heavy atom. The first-order chi connectivity index (χ1) is 29.5. The van der Waals surface area contributed by atoms with Gasteiger partial charge in [0.25, 0.3) is 0 Å². The third kappa shape index (κ3) is 6.07. The second-order valence-corrected chi connectivity index (χ2v) is 15.2. The molecule has 262 valence electrons. The SMILES string of the molecule is [B]c1c([B])c([B])c(-c2c([B])c([B])c(N(c3ccc(-c4cccc5ccccc45)cc3)c3ccccc3-c3cccc4oc5c6ccccc6ccc5c34)c([B])c2[B])c([B])c1[B]. The van der Waals surface area contributed by atoms with Crippen LogP contribution in [-0.4, -0.2) is 70.6 Å². The average molecular weight is 752 g/mol. The van der Waals surface area contributed by atoms with Crippen LogP contribution in [0.25, 0.3) is 76.9 Å². The van der Waals surface area contributed by atoms with E-state index in [2.05, 4.69) is 78.9 Å². The maximum atomic E-state index is 7.16. The first kappa shape index (κ1) is 38.9. The number of para-hydroxylation sites is 1. The van der Waals surface area contributed by atoms with Crippen LogP contribution in [-0.2, 0) is 0 Å². The van der Waals surface area contributed by atoms with E-state index < -0.39 is 0 Å². The Bertz CT molecular complexity index is 3370. The second kappa shape index (κ2) is 15.0. The van der Waals surface area contributed by atoms with Gasteiger partial charge in [0.1, 0.15) is 81.8 Å². The van der Waals surface area contributed by atoms with Gasteiger partial charge in [0, 0.05) is 33.1 Å². The Kier molecular flexibility index (Phi) is 9.55. The number of hydrogen-bond acceptors (Lipinski definition) is 2. The highest BCUT2D eigenvalue weighted by atomic mass is 16.3. The van der Waals surface area contributed by atoms with Gasteiger partial charge in [-0.1, -0.05) is 148 Å². The van der Waals surface area contributed by atoms with E-state index in [9.17, 15) is 0 Å². The normalized spacial score (nSPS) is 11.5. The highest BCUT2D eigenvalue weighted by Crippen LogP contribution is 2.45. The minimum Gasteiger partial charge on any atom is -0.455 e. The Morgan fingerprint density at radius 2 is 0.869 bits per heavy atom. The maximum Gasteiger partial charge on any atom is 0.143 e. The molecule has 0 N–H and O–H groups in total. The molecule has 0 amide bonds. The van der Waals surface area contributed by atoms with E-state index in [1.54, 1.807) is 0 Å². The summed E-state index contributed by atoms with van der Waals surface area (Å²) in [7, 11) is 60.1. The van der Waals surface area contributed by atoms with Gasteiger partial charge in [0.05, 0.1) is 5.69 Å². The quantitative estimate of drug-likeness (QED) is 0.242. The predicted molar refractivity (Wildman–Crippen MR) is 268 cm³/mol. The average Bonchev–Trinajstić information content (AvgIpc) is 3.69. The van der Waals surface area contributed by atoms with Gasteiger partial charge in [-0.15, -0.1) is 16.4 Å². The number of benzene rings is 9. The van der Waals surface area contributed by atoms with E-state index in [1.165, 1.54) is 0 Å². The van der Waals surface area contributed by atoms with Crippen molar-refractivity contribution >= 4 is 180 Å². The molecule has 0 aliphatic carbocycles. The van der Waals surface area contributed by atoms with Gasteiger partial charge in [0.2, 0.25) is 0 Å². The Labute approximate surface area is 366 Å². The number of rotatable bonds is 6. The van der Waals surface area contributed by atoms with Crippen molar-refractivity contribution in [2.45, 2.75) is 0 Å². The molecule has 2 nitrogen and oxygen atoms in total. The summed E-state index contributed by atoms with van der Waals surface area (Å²) in [4.78, 5) is 1.98. The summed E-state index contributed by atoms with van der Waals surface area (Å²) >= 11 is 0. The van der Waals surface area contributed by atoms with E-state index in [0.717, 1.165) is 77.1 Å². The fourth-order valence-electron chi connectivity index (χ4n) is 8.77. The van der Waals surface area contributed by atoms with Crippen LogP contribution < -0.4 is 54.1 Å². The lowest BCUT2D eigenvalue weighted by molar-refractivity contribution is 0.673. The molecular weight excluding hydrogens is 728 g/mol. The monoisotopic (exact) mass is 753 g/mol. The van der Waals surface area contributed by atoms with Crippen LogP contribution in [0.15, 0.2) is 150 Å². The van der Waals surface area contributed by atoms with Crippen LogP contribution in [0, 0.1) is 0 Å². The van der Waals surface area contributed by atoms with E-state index in [4.69, 9.17) is 75.0 Å². The highest BCUT2D eigenvalue weighted by molar-refractivity contribution is 6.71. The zero-order valence-electron chi connectivity index (χ0n) is 32.9. The third-order valence-corrected chi connectivity index (χ3v) is 11.9. The lowest BCUT2D eigenvalue weighted by Crippen LogP contribution is -2.57. The molecule has 0 saturated heterocycles. The van der Waals surface area contributed by atoms with Gasteiger partial charge in [0.15, 0.2) is 0 Å². The predicted octanol–water partition coefficient (Wildman–Crippen LogP) is 3.51. The van der Waals surface area contributed by atoms with Crippen LogP contribution in [0.3, 0.4) is 0 Å². The van der Waals surface area contributed by atoms with Gasteiger partial charge >= 0.3 is 0 Å².